The topological polar surface area (TPSA) is 61.7 Å². The summed E-state index contributed by atoms with van der Waals surface area (Å²) in [6, 6.07) is 9.58. The van der Waals surface area contributed by atoms with E-state index in [2.05, 4.69) is 49.2 Å². The molecule has 1 aromatic heterocycles. The predicted molar refractivity (Wildman–Crippen MR) is 134 cm³/mol. The maximum atomic E-state index is 13.6. The highest BCUT2D eigenvalue weighted by molar-refractivity contribution is 5.64. The largest absolute Gasteiger partial charge is 0.379 e. The second-order valence-corrected chi connectivity index (χ2v) is 9.11. The highest BCUT2D eigenvalue weighted by Gasteiger charge is 2.19. The molecule has 0 atom stereocenters. The van der Waals surface area contributed by atoms with Crippen molar-refractivity contribution in [2.24, 2.45) is 0 Å². The van der Waals surface area contributed by atoms with Crippen molar-refractivity contribution in [1.29, 1.82) is 0 Å². The highest BCUT2D eigenvalue weighted by atomic mass is 19.1. The fraction of sp³-hybridized carbons (Fsp3) is 0.440. The quantitative estimate of drug-likeness (QED) is 0.551. The molecule has 0 radical (unpaired) electrons. The van der Waals surface area contributed by atoms with Crippen molar-refractivity contribution in [3.05, 3.63) is 59.9 Å². The van der Waals surface area contributed by atoms with Crippen LogP contribution in [0, 0.1) is 18.6 Å². The van der Waals surface area contributed by atoms with Crippen LogP contribution in [0.25, 0.3) is 5.69 Å². The van der Waals surface area contributed by atoms with Gasteiger partial charge in [-0.15, -0.1) is 5.10 Å². The molecule has 2 saturated heterocycles. The number of ether oxygens (including phenoxy) is 1. The number of hydrogen-bond acceptors (Lipinski definition) is 7. The Labute approximate surface area is 205 Å². The van der Waals surface area contributed by atoms with Gasteiger partial charge in [0.05, 0.1) is 18.9 Å². The molecule has 8 nitrogen and oxygen atoms in total. The Kier molecular flexibility index (Phi) is 7.21. The zero-order valence-corrected chi connectivity index (χ0v) is 20.0. The van der Waals surface area contributed by atoms with Gasteiger partial charge in [-0.05, 0) is 42.8 Å². The van der Waals surface area contributed by atoms with Crippen LogP contribution < -0.4 is 10.2 Å². The summed E-state index contributed by atoms with van der Waals surface area (Å²) in [6.45, 7) is 12.0. The molecule has 3 heterocycles. The molecule has 0 aliphatic carbocycles. The predicted octanol–water partition coefficient (Wildman–Crippen LogP) is 3.30. The minimum atomic E-state index is -0.658. The second kappa shape index (κ2) is 10.7. The van der Waals surface area contributed by atoms with Gasteiger partial charge < -0.3 is 15.0 Å². The van der Waals surface area contributed by atoms with Gasteiger partial charge in [-0.2, -0.15) is 4.98 Å². The van der Waals surface area contributed by atoms with Gasteiger partial charge in [-0.1, -0.05) is 0 Å². The number of nitrogens with zero attached hydrogens (tertiary/aromatic N) is 6. The van der Waals surface area contributed by atoms with Crippen LogP contribution in [0.1, 0.15) is 6.99 Å². The molecule has 2 aliphatic heterocycles. The minimum Gasteiger partial charge on any atom is -0.379 e. The molecule has 0 spiro atoms. The number of benzene rings is 2. The summed E-state index contributed by atoms with van der Waals surface area (Å²) in [5.41, 5.74) is 3.44. The molecule has 2 aliphatic rings. The average molecular weight is 486 g/mol. The Balaban J connectivity index is 0.00000304. The summed E-state index contributed by atoms with van der Waals surface area (Å²) in [5.74, 6) is -0.955. The van der Waals surface area contributed by atoms with Crippen LogP contribution in [0.15, 0.2) is 42.7 Å². The number of rotatable bonds is 7. The SMILES string of the molecule is Cc1cc(Nc2ncn(-c3cc(F)cc(F)c3)n2)cc(N2CCN(CCN3CCOCC3)CC2)c1.[HH]. The van der Waals surface area contributed by atoms with Gasteiger partial charge >= 0.3 is 0 Å². The first-order valence-corrected chi connectivity index (χ1v) is 12.1. The first-order chi connectivity index (χ1) is 17.0. The van der Waals surface area contributed by atoms with Gasteiger partial charge in [0, 0.05) is 71.2 Å². The van der Waals surface area contributed by atoms with Gasteiger partial charge in [-0.25, -0.2) is 13.5 Å². The van der Waals surface area contributed by atoms with Crippen LogP contribution in [0.4, 0.5) is 26.1 Å². The van der Waals surface area contributed by atoms with Crippen LogP contribution in [-0.4, -0.2) is 90.1 Å². The molecule has 2 aromatic carbocycles. The Morgan fingerprint density at radius 3 is 2.26 bits per heavy atom. The fourth-order valence-corrected chi connectivity index (χ4v) is 4.60. The Morgan fingerprint density at radius 2 is 1.54 bits per heavy atom. The van der Waals surface area contributed by atoms with E-state index in [1.165, 1.54) is 23.1 Å². The van der Waals surface area contributed by atoms with Gasteiger partial charge in [-0.3, -0.25) is 9.80 Å². The fourth-order valence-electron chi connectivity index (χ4n) is 4.60. The smallest absolute Gasteiger partial charge is 0.246 e. The number of aromatic nitrogens is 3. The summed E-state index contributed by atoms with van der Waals surface area (Å²) in [4.78, 5) is 11.7. The molecule has 0 bridgehead atoms. The van der Waals surface area contributed by atoms with E-state index in [0.717, 1.165) is 88.6 Å². The van der Waals surface area contributed by atoms with Crippen LogP contribution in [-0.2, 0) is 4.74 Å². The number of aryl methyl sites for hydroxylation is 1. The number of nitrogens with one attached hydrogen (secondary N) is 1. The average Bonchev–Trinajstić information content (AvgIpc) is 3.31. The summed E-state index contributed by atoms with van der Waals surface area (Å²) in [5, 5.41) is 7.55. The minimum absolute atomic E-state index is 0. The number of anilines is 3. The van der Waals surface area contributed by atoms with Crippen LogP contribution >= 0.6 is 0 Å². The van der Waals surface area contributed by atoms with E-state index in [1.807, 2.05) is 6.07 Å². The van der Waals surface area contributed by atoms with E-state index >= 15 is 0 Å². The molecule has 188 valence electrons. The molecule has 3 aromatic rings. The van der Waals surface area contributed by atoms with Gasteiger partial charge in [0.15, 0.2) is 0 Å². The van der Waals surface area contributed by atoms with E-state index in [0.29, 0.717) is 5.95 Å². The zero-order chi connectivity index (χ0) is 24.2. The lowest BCUT2D eigenvalue weighted by atomic mass is 10.1. The Morgan fingerprint density at radius 1 is 0.857 bits per heavy atom. The summed E-state index contributed by atoms with van der Waals surface area (Å²) < 4.78 is 33.9. The molecule has 1 N–H and O–H groups in total. The lowest BCUT2D eigenvalue weighted by Crippen LogP contribution is -2.49. The summed E-state index contributed by atoms with van der Waals surface area (Å²) >= 11 is 0. The van der Waals surface area contributed by atoms with E-state index in [9.17, 15) is 8.78 Å². The number of morpholine rings is 1. The third kappa shape index (κ3) is 6.14. The van der Waals surface area contributed by atoms with Gasteiger partial charge in [0.25, 0.3) is 0 Å². The molecular formula is C25H33F2N7O. The third-order valence-electron chi connectivity index (χ3n) is 6.50. The molecule has 35 heavy (non-hydrogen) atoms. The molecule has 5 rings (SSSR count). The van der Waals surface area contributed by atoms with Crippen molar-refractivity contribution in [2.75, 3.05) is 75.8 Å². The van der Waals surface area contributed by atoms with Crippen LogP contribution in [0.3, 0.4) is 0 Å². The van der Waals surface area contributed by atoms with E-state index in [-0.39, 0.29) is 7.11 Å². The van der Waals surface area contributed by atoms with Crippen molar-refractivity contribution in [1.82, 2.24) is 24.6 Å². The number of piperazine rings is 1. The van der Waals surface area contributed by atoms with Gasteiger partial charge in [0.2, 0.25) is 5.95 Å². The first kappa shape index (κ1) is 23.7. The van der Waals surface area contributed by atoms with Crippen molar-refractivity contribution >= 4 is 17.3 Å². The molecule has 2 fully saturated rings. The third-order valence-corrected chi connectivity index (χ3v) is 6.50. The van der Waals surface area contributed by atoms with Gasteiger partial charge in [0.1, 0.15) is 18.0 Å². The number of hydrogen-bond donors (Lipinski definition) is 1. The van der Waals surface area contributed by atoms with Crippen molar-refractivity contribution < 1.29 is 14.9 Å². The summed E-state index contributed by atoms with van der Waals surface area (Å²) in [6.07, 6.45) is 1.43. The normalized spacial score (nSPS) is 17.6. The maximum absolute atomic E-state index is 13.6. The first-order valence-electron chi connectivity index (χ1n) is 12.1. The van der Waals surface area contributed by atoms with Crippen LogP contribution in [0.2, 0.25) is 0 Å². The van der Waals surface area contributed by atoms with E-state index < -0.39 is 11.6 Å². The highest BCUT2D eigenvalue weighted by Crippen LogP contribution is 2.25. The molecule has 0 amide bonds. The second-order valence-electron chi connectivity index (χ2n) is 9.11. The molecule has 10 heteroatoms. The zero-order valence-electron chi connectivity index (χ0n) is 20.0. The number of halogens is 2. The van der Waals surface area contributed by atoms with Crippen molar-refractivity contribution in [2.45, 2.75) is 6.92 Å². The molecule has 0 saturated carbocycles. The Bertz CT molecular complexity index is 1130. The van der Waals surface area contributed by atoms with Crippen LogP contribution in [0.5, 0.6) is 0 Å². The van der Waals surface area contributed by atoms with E-state index in [4.69, 9.17) is 4.74 Å². The van der Waals surface area contributed by atoms with Crippen molar-refractivity contribution in [3.63, 3.8) is 0 Å². The maximum Gasteiger partial charge on any atom is 0.246 e. The van der Waals surface area contributed by atoms with Crippen molar-refractivity contribution in [3.8, 4) is 5.69 Å². The standard InChI is InChI=1S/C25H31F2N7O.H2/c1-19-12-22(29-25-28-18-34(30-25)24-15-20(26)14-21(27)16-24)17-23(13-19)33-6-4-31(5-7-33)2-3-32-8-10-35-11-9-32;/h12-18H,2-11H2,1H3,(H,29,30);1H. The molecule has 0 unspecified atom stereocenters. The summed E-state index contributed by atoms with van der Waals surface area (Å²) in [7, 11) is 0. The monoisotopic (exact) mass is 485 g/mol. The Hall–Kier alpha value is -3.08. The molecular weight excluding hydrogens is 452 g/mol. The lowest BCUT2D eigenvalue weighted by Gasteiger charge is -2.37. The van der Waals surface area contributed by atoms with E-state index in [1.54, 1.807) is 0 Å². The lowest BCUT2D eigenvalue weighted by molar-refractivity contribution is 0.0331.